The summed E-state index contributed by atoms with van der Waals surface area (Å²) in [5.41, 5.74) is 1.69. The number of hydrogen-bond acceptors (Lipinski definition) is 3. The van der Waals surface area contributed by atoms with Crippen LogP contribution in [0.1, 0.15) is 63.5 Å². The minimum absolute atomic E-state index is 0.134. The first-order chi connectivity index (χ1) is 13.6. The van der Waals surface area contributed by atoms with Crippen LogP contribution in [-0.4, -0.2) is 46.3 Å². The van der Waals surface area contributed by atoms with Crippen molar-refractivity contribution in [1.82, 2.24) is 14.5 Å². The van der Waals surface area contributed by atoms with Gasteiger partial charge in [-0.3, -0.25) is 4.57 Å². The van der Waals surface area contributed by atoms with E-state index in [2.05, 4.69) is 16.8 Å². The molecule has 1 aliphatic heterocycles. The van der Waals surface area contributed by atoms with E-state index in [9.17, 15) is 9.18 Å². The number of piperidine rings is 1. The molecule has 2 atom stereocenters. The molecular formula is C22H32FN3O2. The number of aromatic amines is 1. The molecule has 1 aromatic heterocycles. The van der Waals surface area contributed by atoms with Crippen molar-refractivity contribution in [3.05, 3.63) is 34.0 Å². The summed E-state index contributed by atoms with van der Waals surface area (Å²) in [6.07, 6.45) is 8.13. The molecule has 1 saturated carbocycles. The van der Waals surface area contributed by atoms with Crippen molar-refractivity contribution in [2.45, 2.75) is 77.0 Å². The van der Waals surface area contributed by atoms with Crippen LogP contribution in [0.15, 0.2) is 16.9 Å². The molecule has 154 valence electrons. The number of ether oxygens (including phenoxy) is 1. The van der Waals surface area contributed by atoms with Crippen molar-refractivity contribution < 1.29 is 9.13 Å². The molecule has 0 spiro atoms. The Balaban J connectivity index is 1.44. The monoisotopic (exact) mass is 389 g/mol. The highest BCUT2D eigenvalue weighted by Crippen LogP contribution is 2.31. The van der Waals surface area contributed by atoms with Gasteiger partial charge >= 0.3 is 5.69 Å². The average molecular weight is 390 g/mol. The van der Waals surface area contributed by atoms with Crippen molar-refractivity contribution in [1.29, 1.82) is 0 Å². The second kappa shape index (κ2) is 8.37. The van der Waals surface area contributed by atoms with Crippen LogP contribution in [0.2, 0.25) is 0 Å². The van der Waals surface area contributed by atoms with Gasteiger partial charge in [0.15, 0.2) is 0 Å². The van der Waals surface area contributed by atoms with Crippen LogP contribution in [0.5, 0.6) is 0 Å². The number of rotatable bonds is 5. The van der Waals surface area contributed by atoms with Gasteiger partial charge in [0, 0.05) is 31.8 Å². The van der Waals surface area contributed by atoms with E-state index in [1.807, 2.05) is 13.0 Å². The van der Waals surface area contributed by atoms with Gasteiger partial charge in [0.05, 0.1) is 11.6 Å². The predicted molar refractivity (Wildman–Crippen MR) is 109 cm³/mol. The molecule has 1 aromatic carbocycles. The summed E-state index contributed by atoms with van der Waals surface area (Å²) in [6, 6.07) is 4.12. The minimum Gasteiger partial charge on any atom is -0.378 e. The Morgan fingerprint density at radius 1 is 1.18 bits per heavy atom. The number of halogens is 1. The molecule has 0 unspecified atom stereocenters. The third kappa shape index (κ3) is 3.90. The van der Waals surface area contributed by atoms with Crippen LogP contribution in [0, 0.1) is 12.7 Å². The van der Waals surface area contributed by atoms with Crippen molar-refractivity contribution in [2.24, 2.45) is 0 Å². The highest BCUT2D eigenvalue weighted by Gasteiger charge is 2.31. The molecule has 0 bridgehead atoms. The van der Waals surface area contributed by atoms with Crippen LogP contribution < -0.4 is 5.69 Å². The first-order valence-corrected chi connectivity index (χ1v) is 10.8. The van der Waals surface area contributed by atoms with Gasteiger partial charge in [-0.25, -0.2) is 9.18 Å². The van der Waals surface area contributed by atoms with Crippen molar-refractivity contribution >= 4 is 11.0 Å². The Kier molecular flexibility index (Phi) is 5.88. The van der Waals surface area contributed by atoms with Gasteiger partial charge in [-0.2, -0.15) is 0 Å². The number of aromatic nitrogens is 2. The highest BCUT2D eigenvalue weighted by molar-refractivity contribution is 5.77. The highest BCUT2D eigenvalue weighted by atomic mass is 19.1. The van der Waals surface area contributed by atoms with E-state index in [-0.39, 0.29) is 17.5 Å². The Morgan fingerprint density at radius 3 is 2.71 bits per heavy atom. The van der Waals surface area contributed by atoms with Crippen molar-refractivity contribution in [3.8, 4) is 0 Å². The van der Waals surface area contributed by atoms with E-state index < -0.39 is 0 Å². The number of aryl methyl sites for hydroxylation is 1. The minimum atomic E-state index is -0.344. The zero-order chi connectivity index (χ0) is 19.7. The van der Waals surface area contributed by atoms with Crippen LogP contribution in [-0.2, 0) is 4.74 Å². The molecule has 5 nitrogen and oxygen atoms in total. The first kappa shape index (κ1) is 19.6. The maximum atomic E-state index is 14.2. The molecule has 28 heavy (non-hydrogen) atoms. The number of H-pyrrole nitrogens is 1. The molecule has 6 heteroatoms. The Morgan fingerprint density at radius 2 is 1.96 bits per heavy atom. The van der Waals surface area contributed by atoms with E-state index in [0.717, 1.165) is 50.9 Å². The lowest BCUT2D eigenvalue weighted by Gasteiger charge is -2.41. The lowest BCUT2D eigenvalue weighted by Crippen LogP contribution is -2.46. The number of hydrogen-bond donors (Lipinski definition) is 1. The van der Waals surface area contributed by atoms with Gasteiger partial charge in [0.25, 0.3) is 0 Å². The second-order valence-electron chi connectivity index (χ2n) is 8.52. The summed E-state index contributed by atoms with van der Waals surface area (Å²) in [5.74, 6) is -0.344. The van der Waals surface area contributed by atoms with Gasteiger partial charge in [0.2, 0.25) is 0 Å². The standard InChI is InChI=1S/C22H32FN3O2/c1-3-11-28-18-6-4-5-17(14-18)25-9-7-16(8-10-25)26-20-13-15(2)12-19(23)21(20)24-22(26)27/h12-13,16-18H,3-11,14H2,1-2H3,(H,24,27)/t17-,18+/m1/s1. The second-order valence-corrected chi connectivity index (χ2v) is 8.52. The number of nitrogens with one attached hydrogen (secondary N) is 1. The fourth-order valence-electron chi connectivity index (χ4n) is 5.07. The number of imidazole rings is 1. The lowest BCUT2D eigenvalue weighted by molar-refractivity contribution is -0.00714. The van der Waals surface area contributed by atoms with E-state index in [1.165, 1.54) is 25.3 Å². The zero-order valence-electron chi connectivity index (χ0n) is 17.0. The van der Waals surface area contributed by atoms with Gasteiger partial charge < -0.3 is 14.6 Å². The number of fused-ring (bicyclic) bond motifs is 1. The number of benzene rings is 1. The lowest BCUT2D eigenvalue weighted by atomic mass is 9.90. The van der Waals surface area contributed by atoms with Gasteiger partial charge in [-0.1, -0.05) is 6.92 Å². The van der Waals surface area contributed by atoms with Crippen LogP contribution in [0.3, 0.4) is 0 Å². The molecule has 2 aromatic rings. The van der Waals surface area contributed by atoms with Gasteiger partial charge in [-0.05, 0) is 69.6 Å². The average Bonchev–Trinajstić information content (AvgIpc) is 3.03. The molecule has 1 aliphatic carbocycles. The SMILES string of the molecule is CCCO[C@H]1CCC[C@@H](N2CCC(n3c(=O)[nH]c4c(F)cc(C)cc43)CC2)C1. The molecule has 2 fully saturated rings. The topological polar surface area (TPSA) is 50.3 Å². The third-order valence-corrected chi connectivity index (χ3v) is 6.46. The molecular weight excluding hydrogens is 357 g/mol. The van der Waals surface area contributed by atoms with E-state index in [0.29, 0.717) is 23.2 Å². The molecule has 4 rings (SSSR count). The first-order valence-electron chi connectivity index (χ1n) is 10.8. The van der Waals surface area contributed by atoms with Crippen LogP contribution >= 0.6 is 0 Å². The summed E-state index contributed by atoms with van der Waals surface area (Å²) in [7, 11) is 0. The fraction of sp³-hybridized carbons (Fsp3) is 0.682. The Labute approximate surface area is 165 Å². The maximum Gasteiger partial charge on any atom is 0.326 e. The van der Waals surface area contributed by atoms with Gasteiger partial charge in [-0.15, -0.1) is 0 Å². The third-order valence-electron chi connectivity index (χ3n) is 6.46. The molecule has 2 aliphatic rings. The Hall–Kier alpha value is -1.66. The summed E-state index contributed by atoms with van der Waals surface area (Å²) in [4.78, 5) is 17.8. The van der Waals surface area contributed by atoms with Crippen molar-refractivity contribution in [2.75, 3.05) is 19.7 Å². The van der Waals surface area contributed by atoms with Crippen molar-refractivity contribution in [3.63, 3.8) is 0 Å². The maximum absolute atomic E-state index is 14.2. The summed E-state index contributed by atoms with van der Waals surface area (Å²) >= 11 is 0. The molecule has 1 N–H and O–H groups in total. The predicted octanol–water partition coefficient (Wildman–Crippen LogP) is 4.15. The summed E-state index contributed by atoms with van der Waals surface area (Å²) < 4.78 is 22.0. The quantitative estimate of drug-likeness (QED) is 0.836. The smallest absolute Gasteiger partial charge is 0.326 e. The summed E-state index contributed by atoms with van der Waals surface area (Å²) in [6.45, 7) is 6.86. The van der Waals surface area contributed by atoms with Crippen LogP contribution in [0.25, 0.3) is 11.0 Å². The van der Waals surface area contributed by atoms with E-state index in [4.69, 9.17) is 4.74 Å². The van der Waals surface area contributed by atoms with E-state index in [1.54, 1.807) is 4.57 Å². The molecule has 2 heterocycles. The summed E-state index contributed by atoms with van der Waals surface area (Å²) in [5, 5.41) is 0. The zero-order valence-corrected chi connectivity index (χ0v) is 17.0. The normalized spacial score (nSPS) is 24.8. The van der Waals surface area contributed by atoms with Crippen LogP contribution in [0.4, 0.5) is 4.39 Å². The molecule has 0 amide bonds. The van der Waals surface area contributed by atoms with Gasteiger partial charge in [0.1, 0.15) is 11.3 Å². The fourth-order valence-corrected chi connectivity index (χ4v) is 5.07. The molecule has 0 radical (unpaired) electrons. The largest absolute Gasteiger partial charge is 0.378 e. The number of nitrogens with zero attached hydrogens (tertiary/aromatic N) is 2. The number of likely N-dealkylation sites (tertiary alicyclic amines) is 1. The van der Waals surface area contributed by atoms with E-state index >= 15 is 0 Å². The Bertz CT molecular complexity index is 867. The molecule has 1 saturated heterocycles.